The Kier molecular flexibility index (Phi) is 17.1. The van der Waals surface area contributed by atoms with E-state index in [0.717, 1.165) is 14.2 Å². The lowest BCUT2D eigenvalue weighted by Gasteiger charge is -2.37. The molecule has 4 N–H and O–H groups in total. The highest BCUT2D eigenvalue weighted by Gasteiger charge is 2.44. The van der Waals surface area contributed by atoms with Gasteiger partial charge < -0.3 is 25.3 Å². The van der Waals surface area contributed by atoms with E-state index in [0.29, 0.717) is 10.5 Å². The van der Waals surface area contributed by atoms with Crippen LogP contribution in [0.25, 0.3) is 0 Å². The summed E-state index contributed by atoms with van der Waals surface area (Å²) in [5, 5.41) is 4.58. The van der Waals surface area contributed by atoms with Gasteiger partial charge in [0.25, 0.3) is 0 Å². The zero-order valence-electron chi connectivity index (χ0n) is 27.1. The molecular weight excluding hydrogens is 607 g/mol. The Bertz CT molecular complexity index is 1210. The molecule has 0 aliphatic rings. The number of benzene rings is 1. The van der Waals surface area contributed by atoms with Crippen LogP contribution in [0, 0.1) is 11.8 Å². The lowest BCUT2D eigenvalue weighted by atomic mass is 9.93. The number of ketones is 1. The van der Waals surface area contributed by atoms with Crippen LogP contribution in [0.15, 0.2) is 30.3 Å². The molecule has 0 unspecified atom stereocenters. The van der Waals surface area contributed by atoms with Crippen molar-refractivity contribution in [1.82, 2.24) is 15.5 Å². The van der Waals surface area contributed by atoms with Crippen LogP contribution in [0.3, 0.4) is 0 Å². The van der Waals surface area contributed by atoms with Crippen LogP contribution in [-0.4, -0.2) is 91.5 Å². The molecule has 1 aromatic rings. The first-order chi connectivity index (χ1) is 21.7. The van der Waals surface area contributed by atoms with Crippen LogP contribution in [0.1, 0.15) is 58.9 Å². The van der Waals surface area contributed by atoms with Gasteiger partial charge in [0, 0.05) is 6.42 Å². The van der Waals surface area contributed by atoms with E-state index in [1.807, 2.05) is 0 Å². The summed E-state index contributed by atoms with van der Waals surface area (Å²) in [5.74, 6) is -6.83. The van der Waals surface area contributed by atoms with E-state index in [2.05, 4.69) is 20.1 Å². The lowest BCUT2D eigenvalue weighted by molar-refractivity contribution is -0.147. The number of methoxy groups -OCH3 is 2. The zero-order chi connectivity index (χ0) is 35.0. The number of carbonyl (C=O) groups is 7. The van der Waals surface area contributed by atoms with E-state index in [4.69, 9.17) is 10.5 Å². The molecule has 0 saturated heterocycles. The van der Waals surface area contributed by atoms with Crippen LogP contribution in [0.4, 0.5) is 9.18 Å². The van der Waals surface area contributed by atoms with E-state index in [1.54, 1.807) is 58.0 Å². The smallest absolute Gasteiger partial charge is 0.411 e. The molecule has 4 amide bonds. The maximum absolute atomic E-state index is 13.8. The number of nitrogens with two attached hydrogens (primary N) is 1. The fourth-order valence-corrected chi connectivity index (χ4v) is 4.29. The van der Waals surface area contributed by atoms with Crippen LogP contribution >= 0.6 is 0 Å². The van der Waals surface area contributed by atoms with Gasteiger partial charge in [-0.05, 0) is 23.8 Å². The highest BCUT2D eigenvalue weighted by atomic mass is 19.1. The summed E-state index contributed by atoms with van der Waals surface area (Å²) in [5.41, 5.74) is 6.46. The number of esters is 2. The Balaban J connectivity index is 3.55. The SMILES string of the molecule is CC[C@H](C)[C@@H](C(=O)NC(=O)[C@H](CCC(=O)OC)NC(=O)[C@@H](N)C(C)C)N(C(=O)OCc1ccccc1)[C@@H](CC(=O)OC)C(=O)CF. The van der Waals surface area contributed by atoms with E-state index in [9.17, 15) is 38.0 Å². The maximum Gasteiger partial charge on any atom is 0.411 e. The average molecular weight is 653 g/mol. The molecule has 0 heterocycles. The van der Waals surface area contributed by atoms with Gasteiger partial charge >= 0.3 is 18.0 Å². The molecule has 0 spiro atoms. The van der Waals surface area contributed by atoms with E-state index >= 15 is 0 Å². The summed E-state index contributed by atoms with van der Waals surface area (Å²) in [6.07, 6.45) is -2.40. The van der Waals surface area contributed by atoms with Crippen LogP contribution < -0.4 is 16.4 Å². The van der Waals surface area contributed by atoms with Gasteiger partial charge in [0.2, 0.25) is 17.7 Å². The second-order valence-electron chi connectivity index (χ2n) is 11.0. The number of halogens is 1. The number of nitrogens with one attached hydrogen (secondary N) is 2. The Hall–Kier alpha value is -4.40. The summed E-state index contributed by atoms with van der Waals surface area (Å²) in [6.45, 7) is 4.69. The first kappa shape index (κ1) is 39.6. The summed E-state index contributed by atoms with van der Waals surface area (Å²) in [6, 6.07) is 2.51. The number of ether oxygens (including phenoxy) is 3. The summed E-state index contributed by atoms with van der Waals surface area (Å²) >= 11 is 0. The van der Waals surface area contributed by atoms with Crippen molar-refractivity contribution in [2.45, 2.75) is 84.2 Å². The molecule has 1 aromatic carbocycles. The molecule has 1 rings (SSSR count). The predicted octanol–water partition coefficient (Wildman–Crippen LogP) is 1.57. The molecule has 0 aliphatic carbocycles. The van der Waals surface area contributed by atoms with Gasteiger partial charge in [-0.15, -0.1) is 0 Å². The third-order valence-corrected chi connectivity index (χ3v) is 7.36. The molecule has 256 valence electrons. The fourth-order valence-electron chi connectivity index (χ4n) is 4.29. The fraction of sp³-hybridized carbons (Fsp3) is 0.581. The second-order valence-corrected chi connectivity index (χ2v) is 11.0. The number of carbonyl (C=O) groups excluding carboxylic acids is 7. The average Bonchev–Trinajstić information content (AvgIpc) is 3.05. The molecule has 0 fully saturated rings. The van der Waals surface area contributed by atoms with Gasteiger partial charge in [0.05, 0.1) is 26.7 Å². The van der Waals surface area contributed by atoms with Crippen molar-refractivity contribution >= 4 is 41.5 Å². The number of imide groups is 1. The standard InChI is InChI=1S/C31H45FN4O10/c1-7-19(4)27(30(42)35-28(40)21(13-14-24(38)44-5)34-29(41)26(33)18(2)3)36(22(23(37)16-32)15-25(39)45-6)31(43)46-17-20-11-9-8-10-12-20/h8-12,18-19,21-22,26-27H,7,13-17,33H2,1-6H3,(H,34,41)(H,35,40,42)/t19-,21-,22-,26-,27-/m0/s1. The highest BCUT2D eigenvalue weighted by molar-refractivity contribution is 6.03. The van der Waals surface area contributed by atoms with Gasteiger partial charge in [-0.1, -0.05) is 64.4 Å². The van der Waals surface area contributed by atoms with Crippen LogP contribution in [-0.2, 0) is 49.6 Å². The topological polar surface area (TPSA) is 200 Å². The third kappa shape index (κ3) is 12.2. The first-order valence-electron chi connectivity index (χ1n) is 14.8. The maximum atomic E-state index is 13.8. The van der Waals surface area contributed by atoms with Crippen molar-refractivity contribution in [2.75, 3.05) is 20.9 Å². The summed E-state index contributed by atoms with van der Waals surface area (Å²) in [7, 11) is 2.17. The molecule has 0 radical (unpaired) electrons. The monoisotopic (exact) mass is 652 g/mol. The predicted molar refractivity (Wildman–Crippen MR) is 162 cm³/mol. The zero-order valence-corrected chi connectivity index (χ0v) is 27.1. The number of nitrogens with zero attached hydrogens (tertiary/aromatic N) is 1. The minimum Gasteiger partial charge on any atom is -0.469 e. The summed E-state index contributed by atoms with van der Waals surface area (Å²) < 4.78 is 28.5. The Morgan fingerprint density at radius 1 is 0.913 bits per heavy atom. The Labute approximate surface area is 267 Å². The van der Waals surface area contributed by atoms with Crippen molar-refractivity contribution in [3.8, 4) is 0 Å². The van der Waals surface area contributed by atoms with Gasteiger partial charge in [-0.25, -0.2) is 9.18 Å². The van der Waals surface area contributed by atoms with Gasteiger partial charge in [0.15, 0.2) is 5.78 Å². The molecule has 0 aromatic heterocycles. The van der Waals surface area contributed by atoms with Gasteiger partial charge in [-0.2, -0.15) is 0 Å². The van der Waals surface area contributed by atoms with E-state index in [-0.39, 0.29) is 31.8 Å². The minimum atomic E-state index is -1.83. The van der Waals surface area contributed by atoms with Crippen molar-refractivity contribution in [3.63, 3.8) is 0 Å². The van der Waals surface area contributed by atoms with Crippen molar-refractivity contribution in [2.24, 2.45) is 17.6 Å². The molecule has 46 heavy (non-hydrogen) atoms. The molecule has 15 heteroatoms. The van der Waals surface area contributed by atoms with Crippen LogP contribution in [0.2, 0.25) is 0 Å². The molecular formula is C31H45FN4O10. The Morgan fingerprint density at radius 3 is 2.04 bits per heavy atom. The van der Waals surface area contributed by atoms with E-state index < -0.39 is 84.7 Å². The largest absolute Gasteiger partial charge is 0.469 e. The van der Waals surface area contributed by atoms with Crippen molar-refractivity contribution in [3.05, 3.63) is 35.9 Å². The number of hydrogen-bond acceptors (Lipinski definition) is 11. The lowest BCUT2D eigenvalue weighted by Crippen LogP contribution is -2.61. The van der Waals surface area contributed by atoms with Gasteiger partial charge in [0.1, 0.15) is 31.4 Å². The number of Topliss-reactive ketones (excluding diaryl/α,β-unsaturated/α-hetero) is 1. The molecule has 5 atom stereocenters. The number of hydrogen-bond donors (Lipinski definition) is 3. The summed E-state index contributed by atoms with van der Waals surface area (Å²) in [4.78, 5) is 91.2. The number of rotatable bonds is 18. The number of amides is 4. The minimum absolute atomic E-state index is 0.218. The van der Waals surface area contributed by atoms with Crippen molar-refractivity contribution < 1.29 is 52.2 Å². The normalized spacial score (nSPS) is 14.1. The van der Waals surface area contributed by atoms with E-state index in [1.165, 1.54) is 0 Å². The quantitative estimate of drug-likeness (QED) is 0.154. The highest BCUT2D eigenvalue weighted by Crippen LogP contribution is 2.23. The Morgan fingerprint density at radius 2 is 1.52 bits per heavy atom. The molecule has 14 nitrogen and oxygen atoms in total. The first-order valence-corrected chi connectivity index (χ1v) is 14.8. The second kappa shape index (κ2) is 19.9. The van der Waals surface area contributed by atoms with Gasteiger partial charge in [-0.3, -0.25) is 39.0 Å². The van der Waals surface area contributed by atoms with Crippen LogP contribution in [0.5, 0.6) is 0 Å². The molecule has 0 aliphatic heterocycles. The molecule has 0 bridgehead atoms. The number of alkyl halides is 1. The third-order valence-electron chi connectivity index (χ3n) is 7.36. The molecule has 0 saturated carbocycles. The van der Waals surface area contributed by atoms with Crippen molar-refractivity contribution in [1.29, 1.82) is 0 Å².